The van der Waals surface area contributed by atoms with E-state index in [4.69, 9.17) is 0 Å². The Labute approximate surface area is 124 Å². The molecule has 0 spiro atoms. The van der Waals surface area contributed by atoms with E-state index in [-0.39, 0.29) is 16.8 Å². The lowest BCUT2D eigenvalue weighted by atomic mass is 10.0. The molecule has 2 aromatic carbocycles. The van der Waals surface area contributed by atoms with Crippen molar-refractivity contribution < 1.29 is 12.8 Å². The van der Waals surface area contributed by atoms with E-state index >= 15 is 0 Å². The molecule has 1 N–H and O–H groups in total. The molecular weight excluding hydrogens is 289 g/mol. The van der Waals surface area contributed by atoms with E-state index in [1.165, 1.54) is 18.4 Å². The van der Waals surface area contributed by atoms with Gasteiger partial charge in [0, 0.05) is 11.9 Å². The summed E-state index contributed by atoms with van der Waals surface area (Å²) in [6.07, 6.45) is 1.98. The van der Waals surface area contributed by atoms with Crippen molar-refractivity contribution in [2.24, 2.45) is 0 Å². The predicted octanol–water partition coefficient (Wildman–Crippen LogP) is 3.79. The number of halogens is 1. The number of nitrogens with one attached hydrogen (secondary N) is 1. The third-order valence-corrected chi connectivity index (χ3v) is 4.39. The largest absolute Gasteiger partial charge is 0.378 e. The summed E-state index contributed by atoms with van der Waals surface area (Å²) in [7, 11) is -3.23. The van der Waals surface area contributed by atoms with Gasteiger partial charge in [0.15, 0.2) is 9.84 Å². The zero-order valence-electron chi connectivity index (χ0n) is 12.0. The van der Waals surface area contributed by atoms with E-state index in [2.05, 4.69) is 5.32 Å². The van der Waals surface area contributed by atoms with Gasteiger partial charge in [-0.1, -0.05) is 25.1 Å². The molecule has 21 heavy (non-hydrogen) atoms. The normalized spacial score (nSPS) is 12.9. The molecule has 0 bridgehead atoms. The third-order valence-electron chi connectivity index (χ3n) is 3.28. The number of anilines is 1. The van der Waals surface area contributed by atoms with Gasteiger partial charge in [0.1, 0.15) is 5.82 Å². The van der Waals surface area contributed by atoms with Crippen molar-refractivity contribution in [3.63, 3.8) is 0 Å². The van der Waals surface area contributed by atoms with Crippen LogP contribution < -0.4 is 5.32 Å². The van der Waals surface area contributed by atoms with Gasteiger partial charge in [-0.25, -0.2) is 12.8 Å². The smallest absolute Gasteiger partial charge is 0.175 e. The van der Waals surface area contributed by atoms with E-state index in [1.807, 2.05) is 13.0 Å². The average molecular weight is 307 g/mol. The molecule has 112 valence electrons. The Kier molecular flexibility index (Phi) is 4.63. The van der Waals surface area contributed by atoms with Crippen LogP contribution in [0, 0.1) is 5.82 Å². The van der Waals surface area contributed by atoms with E-state index < -0.39 is 9.84 Å². The Morgan fingerprint density at radius 3 is 2.38 bits per heavy atom. The van der Waals surface area contributed by atoms with Crippen LogP contribution >= 0.6 is 0 Å². The van der Waals surface area contributed by atoms with E-state index in [0.29, 0.717) is 0 Å². The molecule has 3 nitrogen and oxygen atoms in total. The second-order valence-electron chi connectivity index (χ2n) is 4.96. The van der Waals surface area contributed by atoms with Crippen LogP contribution in [0.4, 0.5) is 10.1 Å². The Hall–Kier alpha value is -1.88. The van der Waals surface area contributed by atoms with Gasteiger partial charge in [0.2, 0.25) is 0 Å². The fourth-order valence-corrected chi connectivity index (χ4v) is 2.80. The standard InChI is InChI=1S/C16H18FNO2S/c1-3-16(12-7-9-13(17)10-8-12)18-14-5-4-6-15(11-14)21(2,19)20/h4-11,16,18H,3H2,1-2H3. The topological polar surface area (TPSA) is 46.2 Å². The highest BCUT2D eigenvalue weighted by molar-refractivity contribution is 7.90. The highest BCUT2D eigenvalue weighted by atomic mass is 32.2. The summed E-state index contributed by atoms with van der Waals surface area (Å²) in [5.41, 5.74) is 1.69. The Morgan fingerprint density at radius 2 is 1.81 bits per heavy atom. The number of hydrogen-bond donors (Lipinski definition) is 1. The number of rotatable bonds is 5. The number of sulfone groups is 1. The summed E-state index contributed by atoms with van der Waals surface area (Å²) in [5, 5.41) is 3.29. The first-order chi connectivity index (χ1) is 9.90. The van der Waals surface area contributed by atoms with Crippen molar-refractivity contribution >= 4 is 15.5 Å². The van der Waals surface area contributed by atoms with Crippen molar-refractivity contribution in [2.45, 2.75) is 24.3 Å². The van der Waals surface area contributed by atoms with E-state index in [0.717, 1.165) is 17.7 Å². The van der Waals surface area contributed by atoms with Crippen molar-refractivity contribution in [3.8, 4) is 0 Å². The summed E-state index contributed by atoms with van der Waals surface area (Å²) in [5.74, 6) is -0.271. The van der Waals surface area contributed by atoms with Gasteiger partial charge in [-0.05, 0) is 42.3 Å². The predicted molar refractivity (Wildman–Crippen MR) is 82.6 cm³/mol. The van der Waals surface area contributed by atoms with Gasteiger partial charge < -0.3 is 5.32 Å². The van der Waals surface area contributed by atoms with Crippen molar-refractivity contribution in [2.75, 3.05) is 11.6 Å². The third kappa shape index (κ3) is 4.04. The zero-order valence-corrected chi connectivity index (χ0v) is 12.8. The van der Waals surface area contributed by atoms with E-state index in [9.17, 15) is 12.8 Å². The fraction of sp³-hybridized carbons (Fsp3) is 0.250. The first-order valence-electron chi connectivity index (χ1n) is 6.72. The molecule has 0 aliphatic heterocycles. The van der Waals surface area contributed by atoms with Crippen LogP contribution in [0.15, 0.2) is 53.4 Å². The maximum Gasteiger partial charge on any atom is 0.175 e. The Morgan fingerprint density at radius 1 is 1.14 bits per heavy atom. The lowest BCUT2D eigenvalue weighted by Crippen LogP contribution is -2.10. The van der Waals surface area contributed by atoms with Crippen LogP contribution in [0.2, 0.25) is 0 Å². The zero-order chi connectivity index (χ0) is 15.5. The second kappa shape index (κ2) is 6.26. The van der Waals surface area contributed by atoms with Crippen LogP contribution in [0.5, 0.6) is 0 Å². The first-order valence-corrected chi connectivity index (χ1v) is 8.61. The van der Waals surface area contributed by atoms with Gasteiger partial charge in [0.25, 0.3) is 0 Å². The summed E-state index contributed by atoms with van der Waals surface area (Å²) >= 11 is 0. The lowest BCUT2D eigenvalue weighted by molar-refractivity contribution is 0.602. The molecule has 0 heterocycles. The molecule has 2 aromatic rings. The molecule has 0 fully saturated rings. The summed E-state index contributed by atoms with van der Waals surface area (Å²) < 4.78 is 36.1. The van der Waals surface area contributed by atoms with Gasteiger partial charge >= 0.3 is 0 Å². The Balaban J connectivity index is 2.25. The van der Waals surface area contributed by atoms with Crippen LogP contribution in [0.3, 0.4) is 0 Å². The van der Waals surface area contributed by atoms with E-state index in [1.54, 1.807) is 30.3 Å². The first kappa shape index (κ1) is 15.5. The monoisotopic (exact) mass is 307 g/mol. The molecule has 0 aliphatic rings. The fourth-order valence-electron chi connectivity index (χ4n) is 2.13. The summed E-state index contributed by atoms with van der Waals surface area (Å²) in [6.45, 7) is 2.02. The molecule has 1 atom stereocenters. The maximum absolute atomic E-state index is 13.0. The quantitative estimate of drug-likeness (QED) is 0.914. The second-order valence-corrected chi connectivity index (χ2v) is 6.97. The maximum atomic E-state index is 13.0. The van der Waals surface area contributed by atoms with Crippen LogP contribution in [-0.4, -0.2) is 14.7 Å². The minimum absolute atomic E-state index is 0.000380. The van der Waals surface area contributed by atoms with Gasteiger partial charge in [-0.2, -0.15) is 0 Å². The molecule has 0 aromatic heterocycles. The molecule has 0 amide bonds. The Bertz CT molecular complexity index is 711. The highest BCUT2D eigenvalue weighted by Gasteiger charge is 2.11. The summed E-state index contributed by atoms with van der Waals surface area (Å²) in [4.78, 5) is 0.279. The van der Waals surface area contributed by atoms with Crippen molar-refractivity contribution in [3.05, 3.63) is 59.9 Å². The van der Waals surface area contributed by atoms with Gasteiger partial charge in [-0.3, -0.25) is 0 Å². The summed E-state index contributed by atoms with van der Waals surface area (Å²) in [6, 6.07) is 13.0. The van der Waals surface area contributed by atoms with Crippen LogP contribution in [0.1, 0.15) is 24.9 Å². The van der Waals surface area contributed by atoms with Gasteiger partial charge in [0.05, 0.1) is 10.9 Å². The number of benzene rings is 2. The highest BCUT2D eigenvalue weighted by Crippen LogP contribution is 2.24. The molecule has 0 saturated heterocycles. The van der Waals surface area contributed by atoms with Gasteiger partial charge in [-0.15, -0.1) is 0 Å². The van der Waals surface area contributed by atoms with Crippen LogP contribution in [-0.2, 0) is 9.84 Å². The molecule has 0 saturated carbocycles. The molecule has 1 unspecified atom stereocenters. The molecular formula is C16H18FNO2S. The molecule has 5 heteroatoms. The van der Waals surface area contributed by atoms with Crippen molar-refractivity contribution in [1.29, 1.82) is 0 Å². The van der Waals surface area contributed by atoms with Crippen molar-refractivity contribution in [1.82, 2.24) is 0 Å². The van der Waals surface area contributed by atoms with Crippen LogP contribution in [0.25, 0.3) is 0 Å². The number of hydrogen-bond acceptors (Lipinski definition) is 3. The average Bonchev–Trinajstić information content (AvgIpc) is 2.45. The SMILES string of the molecule is CCC(Nc1cccc(S(C)(=O)=O)c1)c1ccc(F)cc1. The molecule has 0 aliphatic carbocycles. The molecule has 0 radical (unpaired) electrons. The minimum Gasteiger partial charge on any atom is -0.378 e. The minimum atomic E-state index is -3.23. The lowest BCUT2D eigenvalue weighted by Gasteiger charge is -2.19. The molecule has 2 rings (SSSR count).